The zero-order valence-electron chi connectivity index (χ0n) is 14.3. The lowest BCUT2D eigenvalue weighted by Crippen LogP contribution is -2.46. The molecule has 26 heavy (non-hydrogen) atoms. The van der Waals surface area contributed by atoms with Crippen molar-refractivity contribution in [1.82, 2.24) is 5.32 Å². The quantitative estimate of drug-likeness (QED) is 0.721. The summed E-state index contributed by atoms with van der Waals surface area (Å²) in [5.74, 6) is -0.872. The first-order chi connectivity index (χ1) is 12.6. The van der Waals surface area contributed by atoms with Crippen molar-refractivity contribution in [3.8, 4) is 11.1 Å². The fraction of sp³-hybridized carbons (Fsp3) is 0.0909. The maximum absolute atomic E-state index is 12.8. The van der Waals surface area contributed by atoms with E-state index in [1.807, 2.05) is 72.8 Å². The summed E-state index contributed by atoms with van der Waals surface area (Å²) in [6.45, 7) is 0. The Kier molecular flexibility index (Phi) is 5.44. The van der Waals surface area contributed by atoms with Crippen LogP contribution in [-0.2, 0) is 11.2 Å². The molecule has 2 amide bonds. The van der Waals surface area contributed by atoms with Gasteiger partial charge in [-0.2, -0.15) is 0 Å². The van der Waals surface area contributed by atoms with Crippen LogP contribution >= 0.6 is 0 Å². The molecule has 3 aromatic carbocycles. The predicted octanol–water partition coefficient (Wildman–Crippen LogP) is 3.18. The van der Waals surface area contributed by atoms with Gasteiger partial charge in [-0.25, -0.2) is 0 Å². The third-order valence-electron chi connectivity index (χ3n) is 4.19. The summed E-state index contributed by atoms with van der Waals surface area (Å²) in [6.07, 6.45) is 0.357. The van der Waals surface area contributed by atoms with E-state index < -0.39 is 11.9 Å². The summed E-state index contributed by atoms with van der Waals surface area (Å²) in [5, 5.41) is 2.78. The molecule has 0 heterocycles. The molecule has 0 saturated heterocycles. The Morgan fingerprint density at radius 3 is 2.04 bits per heavy atom. The van der Waals surface area contributed by atoms with E-state index in [0.29, 0.717) is 12.0 Å². The number of carbonyl (C=O) groups is 2. The van der Waals surface area contributed by atoms with Crippen molar-refractivity contribution in [3.05, 3.63) is 96.1 Å². The van der Waals surface area contributed by atoms with Crippen molar-refractivity contribution in [2.24, 2.45) is 5.73 Å². The van der Waals surface area contributed by atoms with Crippen LogP contribution in [0.15, 0.2) is 84.9 Å². The van der Waals surface area contributed by atoms with E-state index in [4.69, 9.17) is 5.73 Å². The molecule has 0 aliphatic carbocycles. The number of nitrogens with one attached hydrogen (secondary N) is 1. The van der Waals surface area contributed by atoms with Crippen LogP contribution < -0.4 is 11.1 Å². The Balaban J connectivity index is 1.84. The first-order valence-electron chi connectivity index (χ1n) is 8.43. The SMILES string of the molecule is NC(=O)[C@@H](Cc1ccccc1)NC(=O)c1ccccc1-c1ccccc1. The summed E-state index contributed by atoms with van der Waals surface area (Å²) in [4.78, 5) is 24.7. The summed E-state index contributed by atoms with van der Waals surface area (Å²) < 4.78 is 0. The summed E-state index contributed by atoms with van der Waals surface area (Å²) in [5.41, 5.74) is 8.71. The number of carbonyl (C=O) groups excluding carboxylic acids is 2. The standard InChI is InChI=1S/C22H20N2O2/c23-21(25)20(15-16-9-3-1-4-10-16)24-22(26)19-14-8-7-13-18(19)17-11-5-2-6-12-17/h1-14,20H,15H2,(H2,23,25)(H,24,26)/t20-/m1/s1. The van der Waals surface area contributed by atoms with Crippen LogP contribution in [0.25, 0.3) is 11.1 Å². The average molecular weight is 344 g/mol. The van der Waals surface area contributed by atoms with Crippen molar-refractivity contribution in [2.75, 3.05) is 0 Å². The Hall–Kier alpha value is -3.40. The molecule has 4 heteroatoms. The van der Waals surface area contributed by atoms with E-state index >= 15 is 0 Å². The molecule has 0 unspecified atom stereocenters. The molecule has 0 saturated carbocycles. The molecule has 4 nitrogen and oxygen atoms in total. The van der Waals surface area contributed by atoms with Gasteiger partial charge in [0.2, 0.25) is 5.91 Å². The maximum atomic E-state index is 12.8. The number of hydrogen-bond donors (Lipinski definition) is 2. The van der Waals surface area contributed by atoms with Crippen LogP contribution in [-0.4, -0.2) is 17.9 Å². The van der Waals surface area contributed by atoms with Crippen LogP contribution in [0.5, 0.6) is 0 Å². The lowest BCUT2D eigenvalue weighted by molar-refractivity contribution is -0.119. The fourth-order valence-corrected chi connectivity index (χ4v) is 2.86. The third kappa shape index (κ3) is 4.16. The van der Waals surface area contributed by atoms with E-state index in [0.717, 1.165) is 16.7 Å². The number of primary amides is 1. The molecule has 0 bridgehead atoms. The highest BCUT2D eigenvalue weighted by Gasteiger charge is 2.21. The van der Waals surface area contributed by atoms with Crippen LogP contribution in [0.3, 0.4) is 0 Å². The topological polar surface area (TPSA) is 72.2 Å². The van der Waals surface area contributed by atoms with E-state index in [1.165, 1.54) is 0 Å². The number of benzene rings is 3. The minimum atomic E-state index is -0.770. The minimum absolute atomic E-state index is 0.316. The molecule has 0 fully saturated rings. The largest absolute Gasteiger partial charge is 0.368 e. The van der Waals surface area contributed by atoms with Crippen LogP contribution in [0, 0.1) is 0 Å². The van der Waals surface area contributed by atoms with Crippen molar-refractivity contribution in [1.29, 1.82) is 0 Å². The molecular formula is C22H20N2O2. The van der Waals surface area contributed by atoms with Gasteiger partial charge in [0.15, 0.2) is 0 Å². The lowest BCUT2D eigenvalue weighted by Gasteiger charge is -2.17. The van der Waals surface area contributed by atoms with Crippen molar-refractivity contribution in [2.45, 2.75) is 12.5 Å². The maximum Gasteiger partial charge on any atom is 0.252 e. The van der Waals surface area contributed by atoms with E-state index in [2.05, 4.69) is 5.32 Å². The van der Waals surface area contributed by atoms with E-state index in [9.17, 15) is 9.59 Å². The second-order valence-electron chi connectivity index (χ2n) is 6.03. The van der Waals surface area contributed by atoms with Gasteiger partial charge >= 0.3 is 0 Å². The summed E-state index contributed by atoms with van der Waals surface area (Å²) in [6, 6.07) is 25.7. The molecule has 3 aromatic rings. The highest BCUT2D eigenvalue weighted by atomic mass is 16.2. The molecule has 0 aliphatic heterocycles. The first kappa shape index (κ1) is 17.4. The first-order valence-corrected chi connectivity index (χ1v) is 8.43. The lowest BCUT2D eigenvalue weighted by atomic mass is 9.98. The monoisotopic (exact) mass is 344 g/mol. The fourth-order valence-electron chi connectivity index (χ4n) is 2.86. The van der Waals surface area contributed by atoms with Gasteiger partial charge in [0.25, 0.3) is 5.91 Å². The Morgan fingerprint density at radius 2 is 1.38 bits per heavy atom. The highest BCUT2D eigenvalue weighted by Crippen LogP contribution is 2.23. The van der Waals surface area contributed by atoms with Gasteiger partial charge in [0.05, 0.1) is 0 Å². The molecule has 1 atom stereocenters. The second-order valence-corrected chi connectivity index (χ2v) is 6.03. The number of amides is 2. The third-order valence-corrected chi connectivity index (χ3v) is 4.19. The van der Waals surface area contributed by atoms with Crippen LogP contribution in [0.2, 0.25) is 0 Å². The van der Waals surface area contributed by atoms with Gasteiger partial charge in [0, 0.05) is 12.0 Å². The minimum Gasteiger partial charge on any atom is -0.368 e. The predicted molar refractivity (Wildman–Crippen MR) is 102 cm³/mol. The summed E-state index contributed by atoms with van der Waals surface area (Å²) >= 11 is 0. The van der Waals surface area contributed by atoms with Crippen LogP contribution in [0.1, 0.15) is 15.9 Å². The number of hydrogen-bond acceptors (Lipinski definition) is 2. The second kappa shape index (κ2) is 8.12. The molecule has 0 aliphatic rings. The van der Waals surface area contributed by atoms with Crippen molar-refractivity contribution in [3.63, 3.8) is 0 Å². The van der Waals surface area contributed by atoms with Crippen LogP contribution in [0.4, 0.5) is 0 Å². The Bertz CT molecular complexity index is 892. The molecular weight excluding hydrogens is 324 g/mol. The molecule has 130 valence electrons. The number of nitrogens with two attached hydrogens (primary N) is 1. The number of rotatable bonds is 6. The zero-order chi connectivity index (χ0) is 18.4. The van der Waals surface area contributed by atoms with Gasteiger partial charge in [-0.05, 0) is 22.8 Å². The molecule has 3 N–H and O–H groups in total. The van der Waals surface area contributed by atoms with Gasteiger partial charge in [-0.3, -0.25) is 9.59 Å². The van der Waals surface area contributed by atoms with Gasteiger partial charge in [-0.15, -0.1) is 0 Å². The van der Waals surface area contributed by atoms with E-state index in [-0.39, 0.29) is 5.91 Å². The van der Waals surface area contributed by atoms with E-state index in [1.54, 1.807) is 12.1 Å². The zero-order valence-corrected chi connectivity index (χ0v) is 14.3. The Labute approximate surface area is 152 Å². The summed E-state index contributed by atoms with van der Waals surface area (Å²) in [7, 11) is 0. The molecule has 0 radical (unpaired) electrons. The normalized spacial score (nSPS) is 11.5. The molecule has 0 aromatic heterocycles. The smallest absolute Gasteiger partial charge is 0.252 e. The highest BCUT2D eigenvalue weighted by molar-refractivity contribution is 6.02. The van der Waals surface area contributed by atoms with Gasteiger partial charge in [-0.1, -0.05) is 78.9 Å². The Morgan fingerprint density at radius 1 is 0.808 bits per heavy atom. The molecule has 0 spiro atoms. The van der Waals surface area contributed by atoms with Gasteiger partial charge < -0.3 is 11.1 Å². The van der Waals surface area contributed by atoms with Crippen molar-refractivity contribution < 1.29 is 9.59 Å². The van der Waals surface area contributed by atoms with Gasteiger partial charge in [0.1, 0.15) is 6.04 Å². The average Bonchev–Trinajstić information content (AvgIpc) is 2.69. The van der Waals surface area contributed by atoms with Crippen molar-refractivity contribution >= 4 is 11.8 Å². The molecule has 3 rings (SSSR count).